The minimum Gasteiger partial charge on any atom is -0.396 e. The smallest absolute Gasteiger partial charge is 0.0647 e. The molecular formula is C20H38O2. The number of hydrogen-bond acceptors (Lipinski definition) is 2. The van der Waals surface area contributed by atoms with Gasteiger partial charge in [-0.15, -0.1) is 0 Å². The molecule has 0 spiro atoms. The molecule has 2 nitrogen and oxygen atoms in total. The minimum atomic E-state index is -0.462. The van der Waals surface area contributed by atoms with Gasteiger partial charge in [0.25, 0.3) is 0 Å². The van der Waals surface area contributed by atoms with Crippen LogP contribution in [0, 0.1) is 29.6 Å². The van der Waals surface area contributed by atoms with E-state index in [1.165, 1.54) is 51.4 Å². The second kappa shape index (κ2) is 8.15. The van der Waals surface area contributed by atoms with Crippen LogP contribution in [0.15, 0.2) is 0 Å². The molecule has 22 heavy (non-hydrogen) atoms. The van der Waals surface area contributed by atoms with Crippen molar-refractivity contribution in [3.63, 3.8) is 0 Å². The van der Waals surface area contributed by atoms with E-state index in [1.54, 1.807) is 0 Å². The maximum absolute atomic E-state index is 10.9. The topological polar surface area (TPSA) is 40.5 Å². The molecule has 2 atom stereocenters. The van der Waals surface area contributed by atoms with E-state index in [-0.39, 0.29) is 0 Å². The quantitative estimate of drug-likeness (QED) is 0.741. The van der Waals surface area contributed by atoms with Crippen LogP contribution in [0.5, 0.6) is 0 Å². The van der Waals surface area contributed by atoms with Crippen LogP contribution in [-0.4, -0.2) is 22.4 Å². The van der Waals surface area contributed by atoms with Gasteiger partial charge in [-0.2, -0.15) is 0 Å². The summed E-state index contributed by atoms with van der Waals surface area (Å²) in [6.07, 6.45) is 12.1. The third-order valence-corrected chi connectivity index (χ3v) is 6.96. The molecule has 2 saturated carbocycles. The van der Waals surface area contributed by atoms with E-state index < -0.39 is 5.60 Å². The Bertz CT molecular complexity index is 310. The van der Waals surface area contributed by atoms with Crippen LogP contribution in [0.1, 0.15) is 85.0 Å². The Kier molecular flexibility index (Phi) is 6.76. The Labute approximate surface area is 137 Å². The van der Waals surface area contributed by atoms with Crippen LogP contribution in [0.25, 0.3) is 0 Å². The zero-order chi connectivity index (χ0) is 16.2. The molecule has 2 N–H and O–H groups in total. The molecule has 2 unspecified atom stereocenters. The molecule has 2 aliphatic carbocycles. The summed E-state index contributed by atoms with van der Waals surface area (Å²) in [6, 6.07) is 0. The van der Waals surface area contributed by atoms with Crippen LogP contribution >= 0.6 is 0 Å². The molecule has 0 aromatic heterocycles. The maximum Gasteiger partial charge on any atom is 0.0647 e. The number of aliphatic hydroxyl groups is 2. The lowest BCUT2D eigenvalue weighted by Gasteiger charge is -2.39. The Morgan fingerprint density at radius 2 is 1.59 bits per heavy atom. The van der Waals surface area contributed by atoms with Crippen molar-refractivity contribution in [1.82, 2.24) is 0 Å². The monoisotopic (exact) mass is 310 g/mol. The summed E-state index contributed by atoms with van der Waals surface area (Å²) in [5, 5.41) is 20.2. The zero-order valence-electron chi connectivity index (χ0n) is 15.1. The lowest BCUT2D eigenvalue weighted by atomic mass is 9.70. The fourth-order valence-electron chi connectivity index (χ4n) is 4.78. The lowest BCUT2D eigenvalue weighted by Crippen LogP contribution is -2.37. The molecule has 0 heterocycles. The Morgan fingerprint density at radius 3 is 2.14 bits per heavy atom. The van der Waals surface area contributed by atoms with E-state index >= 15 is 0 Å². The summed E-state index contributed by atoms with van der Waals surface area (Å²) in [6.45, 7) is 7.18. The maximum atomic E-state index is 10.9. The average molecular weight is 311 g/mol. The highest BCUT2D eigenvalue weighted by atomic mass is 16.3. The third kappa shape index (κ3) is 4.96. The second-order valence-electron chi connectivity index (χ2n) is 8.79. The first-order valence-electron chi connectivity index (χ1n) is 9.75. The molecule has 0 saturated heterocycles. The van der Waals surface area contributed by atoms with Gasteiger partial charge in [-0.3, -0.25) is 0 Å². The normalized spacial score (nSPS) is 37.5. The van der Waals surface area contributed by atoms with Crippen LogP contribution in [-0.2, 0) is 0 Å². The van der Waals surface area contributed by atoms with Gasteiger partial charge in [0.2, 0.25) is 0 Å². The first kappa shape index (κ1) is 18.3. The molecule has 0 bridgehead atoms. The van der Waals surface area contributed by atoms with E-state index in [0.717, 1.165) is 24.7 Å². The molecule has 0 aliphatic heterocycles. The molecule has 2 rings (SSSR count). The summed E-state index contributed by atoms with van der Waals surface area (Å²) in [4.78, 5) is 0. The van der Waals surface area contributed by atoms with Gasteiger partial charge >= 0.3 is 0 Å². The van der Waals surface area contributed by atoms with Crippen molar-refractivity contribution in [2.75, 3.05) is 6.61 Å². The van der Waals surface area contributed by atoms with Crippen molar-refractivity contribution in [2.24, 2.45) is 29.6 Å². The molecule has 2 aliphatic rings. The van der Waals surface area contributed by atoms with Crippen molar-refractivity contribution < 1.29 is 10.2 Å². The molecule has 2 fully saturated rings. The predicted octanol–water partition coefficient (Wildman–Crippen LogP) is 4.78. The predicted molar refractivity (Wildman–Crippen MR) is 92.7 cm³/mol. The second-order valence-corrected chi connectivity index (χ2v) is 8.79. The van der Waals surface area contributed by atoms with Gasteiger partial charge in [0, 0.05) is 6.61 Å². The summed E-state index contributed by atoms with van der Waals surface area (Å²) < 4.78 is 0. The average Bonchev–Trinajstić information content (AvgIpc) is 2.53. The fraction of sp³-hybridized carbons (Fsp3) is 1.00. The fourth-order valence-corrected chi connectivity index (χ4v) is 4.78. The van der Waals surface area contributed by atoms with Crippen molar-refractivity contribution in [2.45, 2.75) is 90.6 Å². The van der Waals surface area contributed by atoms with Crippen LogP contribution in [0.3, 0.4) is 0 Å². The highest BCUT2D eigenvalue weighted by Gasteiger charge is 2.35. The van der Waals surface area contributed by atoms with E-state index in [0.29, 0.717) is 24.4 Å². The molecule has 0 radical (unpaired) electrons. The van der Waals surface area contributed by atoms with Gasteiger partial charge in [0.05, 0.1) is 5.60 Å². The van der Waals surface area contributed by atoms with Crippen molar-refractivity contribution in [3.05, 3.63) is 0 Å². The van der Waals surface area contributed by atoms with E-state index in [9.17, 15) is 10.2 Å². The van der Waals surface area contributed by atoms with E-state index in [4.69, 9.17) is 0 Å². The van der Waals surface area contributed by atoms with Crippen LogP contribution in [0.2, 0.25) is 0 Å². The van der Waals surface area contributed by atoms with Crippen LogP contribution in [0.4, 0.5) is 0 Å². The lowest BCUT2D eigenvalue weighted by molar-refractivity contribution is -0.0344. The Morgan fingerprint density at radius 1 is 1.00 bits per heavy atom. The minimum absolute atomic E-state index is 0.371. The van der Waals surface area contributed by atoms with Gasteiger partial charge in [-0.05, 0) is 87.9 Å². The SMILES string of the molecule is CC1CCC(C(C)(O)CCC(C)C2CCC(CO)CC2)CC1. The van der Waals surface area contributed by atoms with Crippen molar-refractivity contribution >= 4 is 0 Å². The van der Waals surface area contributed by atoms with Crippen LogP contribution < -0.4 is 0 Å². The summed E-state index contributed by atoms with van der Waals surface area (Å²) in [7, 11) is 0. The number of hydrogen-bond donors (Lipinski definition) is 2. The largest absolute Gasteiger partial charge is 0.396 e. The Hall–Kier alpha value is -0.0800. The zero-order valence-corrected chi connectivity index (χ0v) is 15.1. The highest BCUT2D eigenvalue weighted by molar-refractivity contribution is 4.87. The first-order valence-corrected chi connectivity index (χ1v) is 9.75. The van der Waals surface area contributed by atoms with E-state index in [2.05, 4.69) is 20.8 Å². The number of rotatable bonds is 6. The highest BCUT2D eigenvalue weighted by Crippen LogP contribution is 2.40. The standard InChI is InChI=1S/C20H38O2/c1-15-4-10-19(11-5-15)20(3,22)13-12-16(2)18-8-6-17(14-21)7-9-18/h15-19,21-22H,4-14H2,1-3H3. The molecule has 0 aromatic carbocycles. The van der Waals surface area contributed by atoms with Gasteiger partial charge in [0.15, 0.2) is 0 Å². The first-order chi connectivity index (χ1) is 10.4. The third-order valence-electron chi connectivity index (χ3n) is 6.96. The Balaban J connectivity index is 1.74. The van der Waals surface area contributed by atoms with Gasteiger partial charge < -0.3 is 10.2 Å². The van der Waals surface area contributed by atoms with Crippen molar-refractivity contribution in [3.8, 4) is 0 Å². The van der Waals surface area contributed by atoms with Crippen molar-refractivity contribution in [1.29, 1.82) is 0 Å². The number of aliphatic hydroxyl groups excluding tert-OH is 1. The molecule has 2 heteroatoms. The summed E-state index contributed by atoms with van der Waals surface area (Å²) >= 11 is 0. The van der Waals surface area contributed by atoms with Gasteiger partial charge in [-0.1, -0.05) is 26.7 Å². The summed E-state index contributed by atoms with van der Waals surface area (Å²) in [5.74, 6) is 3.45. The molecule has 130 valence electrons. The van der Waals surface area contributed by atoms with Gasteiger partial charge in [-0.25, -0.2) is 0 Å². The van der Waals surface area contributed by atoms with Gasteiger partial charge in [0.1, 0.15) is 0 Å². The summed E-state index contributed by atoms with van der Waals surface area (Å²) in [5.41, 5.74) is -0.462. The molecular weight excluding hydrogens is 272 g/mol. The molecule has 0 aromatic rings. The molecule has 0 amide bonds. The van der Waals surface area contributed by atoms with E-state index in [1.807, 2.05) is 0 Å².